The lowest BCUT2D eigenvalue weighted by molar-refractivity contribution is 0.0601. The summed E-state index contributed by atoms with van der Waals surface area (Å²) in [5, 5.41) is 3.92. The lowest BCUT2D eigenvalue weighted by Gasteiger charge is -2.07. The first kappa shape index (κ1) is 20.3. The van der Waals surface area contributed by atoms with E-state index in [1.165, 1.54) is 20.4 Å². The highest BCUT2D eigenvalue weighted by Gasteiger charge is 2.15. The SMILES string of the molecule is COC(=O)c1ccccc1-c1ccc(/C=N\NC(=O)c2cc(Br)ccc2OC)o1. The van der Waals surface area contributed by atoms with E-state index in [9.17, 15) is 9.59 Å². The molecule has 8 heteroatoms. The molecule has 0 fully saturated rings. The molecule has 1 amide bonds. The lowest BCUT2D eigenvalue weighted by atomic mass is 10.1. The number of carbonyl (C=O) groups is 2. The third-order valence-corrected chi connectivity index (χ3v) is 4.48. The number of hydrogen-bond acceptors (Lipinski definition) is 6. The maximum atomic E-state index is 12.3. The molecule has 0 aliphatic carbocycles. The molecule has 3 rings (SSSR count). The number of esters is 1. The average molecular weight is 457 g/mol. The normalized spacial score (nSPS) is 10.7. The standard InChI is InChI=1S/C21H17BrN2O5/c1-27-18-9-7-13(22)11-17(18)20(25)24-23-12-14-8-10-19(29-14)15-5-3-4-6-16(15)21(26)28-2/h3-12H,1-2H3,(H,24,25)/b23-12-. The second-order valence-corrected chi connectivity index (χ2v) is 6.70. The first-order valence-corrected chi connectivity index (χ1v) is 9.27. The number of nitrogens with zero attached hydrogens (tertiary/aromatic N) is 1. The number of rotatable bonds is 6. The van der Waals surface area contributed by atoms with Crippen LogP contribution >= 0.6 is 15.9 Å². The summed E-state index contributed by atoms with van der Waals surface area (Å²) in [4.78, 5) is 24.3. The smallest absolute Gasteiger partial charge is 0.338 e. The van der Waals surface area contributed by atoms with Crippen LogP contribution in [0.5, 0.6) is 5.75 Å². The molecule has 0 spiro atoms. The van der Waals surface area contributed by atoms with Crippen LogP contribution in [-0.4, -0.2) is 32.3 Å². The first-order valence-electron chi connectivity index (χ1n) is 8.48. The van der Waals surface area contributed by atoms with Gasteiger partial charge in [-0.05, 0) is 36.4 Å². The van der Waals surface area contributed by atoms with Gasteiger partial charge in [0, 0.05) is 10.0 Å². The van der Waals surface area contributed by atoms with Gasteiger partial charge in [-0.2, -0.15) is 5.10 Å². The van der Waals surface area contributed by atoms with Crippen molar-refractivity contribution in [3.05, 3.63) is 76.0 Å². The molecule has 0 bridgehead atoms. The van der Waals surface area contributed by atoms with Crippen LogP contribution in [0.2, 0.25) is 0 Å². The first-order chi connectivity index (χ1) is 14.0. The maximum Gasteiger partial charge on any atom is 0.338 e. The second kappa shape index (κ2) is 9.20. The number of ether oxygens (including phenoxy) is 2. The predicted octanol–water partition coefficient (Wildman–Crippen LogP) is 4.27. The molecule has 0 saturated heterocycles. The summed E-state index contributed by atoms with van der Waals surface area (Å²) in [6, 6.07) is 15.4. The number of benzene rings is 2. The zero-order chi connectivity index (χ0) is 20.8. The van der Waals surface area contributed by atoms with E-state index >= 15 is 0 Å². The van der Waals surface area contributed by atoms with Gasteiger partial charge in [0.15, 0.2) is 0 Å². The Kier molecular flexibility index (Phi) is 6.46. The molecule has 0 radical (unpaired) electrons. The Morgan fingerprint density at radius 1 is 1.07 bits per heavy atom. The van der Waals surface area contributed by atoms with Crippen molar-refractivity contribution in [2.45, 2.75) is 0 Å². The van der Waals surface area contributed by atoms with Crippen molar-refractivity contribution in [3.8, 4) is 17.1 Å². The van der Waals surface area contributed by atoms with Gasteiger partial charge in [-0.1, -0.05) is 34.1 Å². The van der Waals surface area contributed by atoms with E-state index < -0.39 is 11.9 Å². The van der Waals surface area contributed by atoms with E-state index in [1.807, 2.05) is 0 Å². The Morgan fingerprint density at radius 3 is 2.62 bits per heavy atom. The van der Waals surface area contributed by atoms with Gasteiger partial charge < -0.3 is 13.9 Å². The molecular formula is C21H17BrN2O5. The minimum absolute atomic E-state index is 0.339. The Balaban J connectivity index is 1.75. The van der Waals surface area contributed by atoms with Crippen LogP contribution in [0.4, 0.5) is 0 Å². The summed E-state index contributed by atoms with van der Waals surface area (Å²) in [7, 11) is 2.81. The topological polar surface area (TPSA) is 90.1 Å². The number of carbonyl (C=O) groups excluding carboxylic acids is 2. The van der Waals surface area contributed by atoms with Crippen LogP contribution < -0.4 is 10.2 Å². The molecule has 148 valence electrons. The molecule has 0 atom stereocenters. The van der Waals surface area contributed by atoms with Crippen molar-refractivity contribution in [2.24, 2.45) is 5.10 Å². The van der Waals surface area contributed by atoms with E-state index in [0.29, 0.717) is 34.0 Å². The number of hydrogen-bond donors (Lipinski definition) is 1. The molecule has 1 aromatic heterocycles. The molecule has 29 heavy (non-hydrogen) atoms. The molecule has 0 aliphatic rings. The number of nitrogens with one attached hydrogen (secondary N) is 1. The lowest BCUT2D eigenvalue weighted by Crippen LogP contribution is -2.18. The minimum Gasteiger partial charge on any atom is -0.496 e. The van der Waals surface area contributed by atoms with Crippen LogP contribution in [-0.2, 0) is 4.74 Å². The minimum atomic E-state index is -0.456. The van der Waals surface area contributed by atoms with E-state index in [2.05, 4.69) is 26.5 Å². The number of methoxy groups -OCH3 is 2. The summed E-state index contributed by atoms with van der Waals surface area (Å²) in [5.74, 6) is 0.430. The van der Waals surface area contributed by atoms with Crippen LogP contribution in [0.1, 0.15) is 26.5 Å². The summed E-state index contributed by atoms with van der Waals surface area (Å²) < 4.78 is 16.4. The molecule has 0 aliphatic heterocycles. The van der Waals surface area contributed by atoms with Gasteiger partial charge in [0.05, 0.1) is 31.6 Å². The van der Waals surface area contributed by atoms with Crippen molar-refractivity contribution in [2.75, 3.05) is 14.2 Å². The fourth-order valence-electron chi connectivity index (χ4n) is 2.63. The summed E-state index contributed by atoms with van der Waals surface area (Å²) in [6.07, 6.45) is 1.37. The Bertz CT molecular complexity index is 1070. The number of hydrazone groups is 1. The van der Waals surface area contributed by atoms with Gasteiger partial charge in [0.1, 0.15) is 17.3 Å². The quantitative estimate of drug-likeness (QED) is 0.339. The fourth-order valence-corrected chi connectivity index (χ4v) is 2.99. The Morgan fingerprint density at radius 2 is 1.86 bits per heavy atom. The number of amides is 1. The van der Waals surface area contributed by atoms with Crippen LogP contribution in [0.25, 0.3) is 11.3 Å². The maximum absolute atomic E-state index is 12.3. The molecule has 7 nitrogen and oxygen atoms in total. The summed E-state index contributed by atoms with van der Waals surface area (Å²) >= 11 is 3.32. The van der Waals surface area contributed by atoms with Crippen molar-refractivity contribution in [3.63, 3.8) is 0 Å². The van der Waals surface area contributed by atoms with Gasteiger partial charge >= 0.3 is 5.97 Å². The second-order valence-electron chi connectivity index (χ2n) is 5.78. The Labute approximate surface area is 175 Å². The number of furan rings is 1. The Hall–Kier alpha value is -3.39. The zero-order valence-electron chi connectivity index (χ0n) is 15.6. The van der Waals surface area contributed by atoms with Gasteiger partial charge in [0.25, 0.3) is 5.91 Å². The summed E-state index contributed by atoms with van der Waals surface area (Å²) in [6.45, 7) is 0. The molecule has 0 unspecified atom stereocenters. The van der Waals surface area contributed by atoms with E-state index in [0.717, 1.165) is 4.47 Å². The van der Waals surface area contributed by atoms with Crippen LogP contribution in [0.15, 0.2) is 68.6 Å². The van der Waals surface area contributed by atoms with Crippen LogP contribution in [0, 0.1) is 0 Å². The van der Waals surface area contributed by atoms with E-state index in [4.69, 9.17) is 13.9 Å². The molecule has 3 aromatic rings. The average Bonchev–Trinajstić information content (AvgIpc) is 3.21. The third kappa shape index (κ3) is 4.72. The largest absolute Gasteiger partial charge is 0.496 e. The zero-order valence-corrected chi connectivity index (χ0v) is 17.2. The van der Waals surface area contributed by atoms with E-state index in [1.54, 1.807) is 54.6 Å². The highest BCUT2D eigenvalue weighted by atomic mass is 79.9. The molecule has 2 aromatic carbocycles. The molecule has 1 heterocycles. The monoisotopic (exact) mass is 456 g/mol. The summed E-state index contributed by atoms with van der Waals surface area (Å²) in [5.41, 5.74) is 3.76. The van der Waals surface area contributed by atoms with Crippen molar-refractivity contribution < 1.29 is 23.5 Å². The van der Waals surface area contributed by atoms with Crippen LogP contribution in [0.3, 0.4) is 0 Å². The predicted molar refractivity (Wildman–Crippen MR) is 111 cm³/mol. The van der Waals surface area contributed by atoms with Crippen molar-refractivity contribution in [1.29, 1.82) is 0 Å². The molecule has 0 saturated carbocycles. The van der Waals surface area contributed by atoms with Crippen molar-refractivity contribution in [1.82, 2.24) is 5.43 Å². The van der Waals surface area contributed by atoms with Crippen molar-refractivity contribution >= 4 is 34.0 Å². The van der Waals surface area contributed by atoms with Gasteiger partial charge in [-0.15, -0.1) is 0 Å². The fraction of sp³-hybridized carbons (Fsp3) is 0.0952. The van der Waals surface area contributed by atoms with Gasteiger partial charge in [-0.3, -0.25) is 4.79 Å². The van der Waals surface area contributed by atoms with Gasteiger partial charge in [-0.25, -0.2) is 10.2 Å². The third-order valence-electron chi connectivity index (χ3n) is 3.99. The molecular weight excluding hydrogens is 440 g/mol. The molecule has 1 N–H and O–H groups in total. The van der Waals surface area contributed by atoms with E-state index in [-0.39, 0.29) is 0 Å². The number of halogens is 1. The highest BCUT2D eigenvalue weighted by molar-refractivity contribution is 9.10. The highest BCUT2D eigenvalue weighted by Crippen LogP contribution is 2.26. The van der Waals surface area contributed by atoms with Gasteiger partial charge in [0.2, 0.25) is 0 Å².